The average Bonchev–Trinajstić information content (AvgIpc) is 2.35. The van der Waals surface area contributed by atoms with Crippen molar-refractivity contribution in [1.29, 1.82) is 0 Å². The normalized spacial score (nSPS) is 16.4. The number of nitrogens with one attached hydrogen (secondary N) is 1. The Labute approximate surface area is 112 Å². The molecular weight excluding hydrogens is 274 g/mol. The van der Waals surface area contributed by atoms with E-state index in [4.69, 9.17) is 4.74 Å². The molecule has 108 valence electrons. The van der Waals surface area contributed by atoms with Crippen LogP contribution < -0.4 is 5.32 Å². The first-order valence-electron chi connectivity index (χ1n) is 5.82. The van der Waals surface area contributed by atoms with Gasteiger partial charge in [-0.15, -0.1) is 0 Å². The number of benzene rings is 1. The molecule has 6 nitrogen and oxygen atoms in total. The summed E-state index contributed by atoms with van der Waals surface area (Å²) in [5.74, 6) is -3.27. The van der Waals surface area contributed by atoms with Crippen molar-refractivity contribution in [3.8, 4) is 0 Å². The van der Waals surface area contributed by atoms with E-state index in [-0.39, 0.29) is 12.0 Å². The molecular formula is C12H12F2N2O4. The molecule has 20 heavy (non-hydrogen) atoms. The number of hydrogen-bond acceptors (Lipinski definition) is 4. The van der Waals surface area contributed by atoms with Crippen LogP contribution in [-0.2, 0) is 4.74 Å². The minimum atomic E-state index is -1.34. The first kappa shape index (κ1) is 14.3. The van der Waals surface area contributed by atoms with Gasteiger partial charge in [0.1, 0.15) is 5.82 Å². The van der Waals surface area contributed by atoms with Gasteiger partial charge in [-0.05, 0) is 6.07 Å². The Balaban J connectivity index is 2.19. The lowest BCUT2D eigenvalue weighted by atomic mass is 9.88. The fourth-order valence-electron chi connectivity index (χ4n) is 1.81. The number of hydrogen-bond donors (Lipinski definition) is 1. The predicted octanol–water partition coefficient (Wildman–Crippen LogP) is 1.64. The Morgan fingerprint density at radius 1 is 1.50 bits per heavy atom. The molecule has 0 spiro atoms. The van der Waals surface area contributed by atoms with Crippen molar-refractivity contribution >= 4 is 11.6 Å². The van der Waals surface area contributed by atoms with Crippen LogP contribution in [-0.4, -0.2) is 30.6 Å². The van der Waals surface area contributed by atoms with Crippen molar-refractivity contribution in [1.82, 2.24) is 5.32 Å². The number of halogens is 2. The fourth-order valence-corrected chi connectivity index (χ4v) is 1.81. The monoisotopic (exact) mass is 286 g/mol. The second-order valence-corrected chi connectivity index (χ2v) is 5.03. The number of nitrogens with zero attached hydrogens (tertiary/aromatic N) is 1. The van der Waals surface area contributed by atoms with E-state index in [2.05, 4.69) is 5.32 Å². The van der Waals surface area contributed by atoms with Gasteiger partial charge in [0.25, 0.3) is 5.91 Å². The lowest BCUT2D eigenvalue weighted by molar-refractivity contribution is -0.387. The summed E-state index contributed by atoms with van der Waals surface area (Å²) >= 11 is 0. The Morgan fingerprint density at radius 3 is 2.65 bits per heavy atom. The molecule has 1 amide bonds. The number of nitro groups is 1. The summed E-state index contributed by atoms with van der Waals surface area (Å²) in [6.07, 6.45) is 0. The Hall–Kier alpha value is -2.09. The molecule has 1 saturated heterocycles. The largest absolute Gasteiger partial charge is 0.380 e. The van der Waals surface area contributed by atoms with Gasteiger partial charge in [0, 0.05) is 12.0 Å². The Morgan fingerprint density at radius 2 is 2.15 bits per heavy atom. The molecule has 1 fully saturated rings. The maximum atomic E-state index is 13.8. The predicted molar refractivity (Wildman–Crippen MR) is 64.3 cm³/mol. The molecule has 0 aliphatic carbocycles. The average molecular weight is 286 g/mol. The number of carbonyl (C=O) groups excluding carboxylic acids is 1. The standard InChI is InChI=1S/C12H12F2N2O4/c1-12(5-20-6-12)4-15-11(17)8-2-7(13)3-9(10(8)14)16(18)19/h2-3H,4-6H2,1H3,(H,15,17). The lowest BCUT2D eigenvalue weighted by Gasteiger charge is -2.38. The zero-order valence-corrected chi connectivity index (χ0v) is 10.6. The summed E-state index contributed by atoms with van der Waals surface area (Å²) in [5.41, 5.74) is -1.99. The molecule has 0 saturated carbocycles. The summed E-state index contributed by atoms with van der Waals surface area (Å²) in [7, 11) is 0. The van der Waals surface area contributed by atoms with Crippen molar-refractivity contribution < 1.29 is 23.2 Å². The highest BCUT2D eigenvalue weighted by Gasteiger charge is 2.34. The van der Waals surface area contributed by atoms with Crippen molar-refractivity contribution in [2.45, 2.75) is 6.92 Å². The van der Waals surface area contributed by atoms with Crippen LogP contribution >= 0.6 is 0 Å². The minimum absolute atomic E-state index is 0.218. The van der Waals surface area contributed by atoms with Gasteiger partial charge < -0.3 is 10.1 Å². The van der Waals surface area contributed by atoms with Gasteiger partial charge in [0.05, 0.1) is 29.8 Å². The van der Waals surface area contributed by atoms with Crippen molar-refractivity contribution in [3.05, 3.63) is 39.4 Å². The number of nitro benzene ring substituents is 1. The van der Waals surface area contributed by atoms with Crippen LogP contribution in [0.15, 0.2) is 12.1 Å². The second kappa shape index (κ2) is 5.12. The number of amides is 1. The first-order valence-corrected chi connectivity index (χ1v) is 5.82. The van der Waals surface area contributed by atoms with Crippen LogP contribution in [0.3, 0.4) is 0 Å². The van der Waals surface area contributed by atoms with Gasteiger partial charge in [-0.3, -0.25) is 14.9 Å². The van der Waals surface area contributed by atoms with Gasteiger partial charge in [0.2, 0.25) is 5.82 Å². The van der Waals surface area contributed by atoms with Crippen LogP contribution in [0, 0.1) is 27.2 Å². The Kier molecular flexibility index (Phi) is 3.67. The van der Waals surface area contributed by atoms with E-state index >= 15 is 0 Å². The summed E-state index contributed by atoms with van der Waals surface area (Å²) in [6.45, 7) is 2.99. The van der Waals surface area contributed by atoms with Gasteiger partial charge >= 0.3 is 5.69 Å². The Bertz CT molecular complexity index is 573. The zero-order valence-electron chi connectivity index (χ0n) is 10.6. The number of rotatable bonds is 4. The van der Waals surface area contributed by atoms with Gasteiger partial charge in [0.15, 0.2) is 0 Å². The van der Waals surface area contributed by atoms with E-state index in [0.717, 1.165) is 0 Å². The SMILES string of the molecule is CC1(CNC(=O)c2cc(F)cc([N+](=O)[O-])c2F)COC1. The van der Waals surface area contributed by atoms with Crippen LogP contribution in [0.25, 0.3) is 0 Å². The summed E-state index contributed by atoms with van der Waals surface area (Å²) in [6, 6.07) is 1.07. The molecule has 0 bridgehead atoms. The van der Waals surface area contributed by atoms with E-state index in [1.807, 2.05) is 6.92 Å². The fraction of sp³-hybridized carbons (Fsp3) is 0.417. The van der Waals surface area contributed by atoms with E-state index in [1.54, 1.807) is 0 Å². The number of ether oxygens (including phenoxy) is 1. The molecule has 0 unspecified atom stereocenters. The van der Waals surface area contributed by atoms with Crippen molar-refractivity contribution in [2.75, 3.05) is 19.8 Å². The third-order valence-corrected chi connectivity index (χ3v) is 3.04. The number of carbonyl (C=O) groups is 1. The van der Waals surface area contributed by atoms with Gasteiger partial charge in [-0.1, -0.05) is 6.92 Å². The molecule has 1 aliphatic rings. The molecule has 1 N–H and O–H groups in total. The quantitative estimate of drug-likeness (QED) is 0.674. The van der Waals surface area contributed by atoms with Crippen molar-refractivity contribution in [3.63, 3.8) is 0 Å². The molecule has 8 heteroatoms. The molecule has 1 aliphatic heterocycles. The van der Waals surface area contributed by atoms with Crippen LogP contribution in [0.4, 0.5) is 14.5 Å². The van der Waals surface area contributed by atoms with E-state index in [1.165, 1.54) is 0 Å². The van der Waals surface area contributed by atoms with Crippen LogP contribution in [0.5, 0.6) is 0 Å². The highest BCUT2D eigenvalue weighted by Crippen LogP contribution is 2.26. The van der Waals surface area contributed by atoms with Crippen molar-refractivity contribution in [2.24, 2.45) is 5.41 Å². The summed E-state index contributed by atoms with van der Waals surface area (Å²) in [4.78, 5) is 21.3. The molecule has 1 heterocycles. The second-order valence-electron chi connectivity index (χ2n) is 5.03. The molecule has 1 aromatic rings. The topological polar surface area (TPSA) is 81.5 Å². The maximum Gasteiger partial charge on any atom is 0.308 e. The molecule has 2 rings (SSSR count). The van der Waals surface area contributed by atoms with E-state index < -0.39 is 33.7 Å². The third kappa shape index (κ3) is 2.74. The highest BCUT2D eigenvalue weighted by molar-refractivity contribution is 5.95. The first-order chi connectivity index (χ1) is 9.32. The van der Waals surface area contributed by atoms with Crippen LogP contribution in [0.2, 0.25) is 0 Å². The summed E-state index contributed by atoms with van der Waals surface area (Å²) < 4.78 is 32.0. The molecule has 0 radical (unpaired) electrons. The lowest BCUT2D eigenvalue weighted by Crippen LogP contribution is -2.48. The zero-order chi connectivity index (χ0) is 14.9. The van der Waals surface area contributed by atoms with E-state index in [0.29, 0.717) is 25.3 Å². The van der Waals surface area contributed by atoms with E-state index in [9.17, 15) is 23.7 Å². The maximum absolute atomic E-state index is 13.8. The molecule has 1 aromatic carbocycles. The minimum Gasteiger partial charge on any atom is -0.380 e. The van der Waals surface area contributed by atoms with Crippen LogP contribution in [0.1, 0.15) is 17.3 Å². The molecule has 0 atom stereocenters. The molecule has 0 aromatic heterocycles. The van der Waals surface area contributed by atoms with Gasteiger partial charge in [-0.25, -0.2) is 4.39 Å². The van der Waals surface area contributed by atoms with Gasteiger partial charge in [-0.2, -0.15) is 4.39 Å². The third-order valence-electron chi connectivity index (χ3n) is 3.04. The summed E-state index contributed by atoms with van der Waals surface area (Å²) in [5, 5.41) is 13.0. The smallest absolute Gasteiger partial charge is 0.308 e. The highest BCUT2D eigenvalue weighted by atomic mass is 19.1.